The lowest BCUT2D eigenvalue weighted by molar-refractivity contribution is -0.193. The van der Waals surface area contributed by atoms with Crippen LogP contribution in [0, 0.1) is 0 Å². The number of carbonyl (C=O) groups is 3. The van der Waals surface area contributed by atoms with Gasteiger partial charge in [0.1, 0.15) is 0 Å². The number of ether oxygens (including phenoxy) is 2. The van der Waals surface area contributed by atoms with E-state index < -0.39 is 36.3 Å². The van der Waals surface area contributed by atoms with Crippen LogP contribution in [0.1, 0.15) is 59.4 Å². The average molecular weight is 769 g/mol. The first kappa shape index (κ1) is 42.8. The Labute approximate surface area is 304 Å². The maximum atomic E-state index is 12.5. The minimum atomic E-state index is -5.08. The highest BCUT2D eigenvalue weighted by Gasteiger charge is 2.39. The van der Waals surface area contributed by atoms with Gasteiger partial charge < -0.3 is 41.2 Å². The number of aliphatic hydroxyl groups is 1. The fourth-order valence-electron chi connectivity index (χ4n) is 5.57. The molecule has 4 aromatic rings. The molecule has 0 radical (unpaired) electrons. The van der Waals surface area contributed by atoms with Crippen molar-refractivity contribution in [2.45, 2.75) is 64.7 Å². The number of hydrogen-bond donors (Lipinski definition) is 6. The second-order valence-electron chi connectivity index (χ2n) is 11.4. The molecule has 3 aromatic carbocycles. The Hall–Kier alpha value is -5.62. The number of aliphatic carboxylic acids is 2. The molecule has 0 spiro atoms. The largest absolute Gasteiger partial charge is 0.490 e. The van der Waals surface area contributed by atoms with Crippen LogP contribution in [0.3, 0.4) is 0 Å². The van der Waals surface area contributed by atoms with Crippen LogP contribution < -0.4 is 25.8 Å². The number of nitrogens with one attached hydrogen (secondary N) is 2. The molecule has 0 unspecified atom stereocenters. The van der Waals surface area contributed by atoms with E-state index in [9.17, 15) is 36.2 Å². The summed E-state index contributed by atoms with van der Waals surface area (Å²) < 4.78 is 75.1. The summed E-state index contributed by atoms with van der Waals surface area (Å²) in [6.07, 6.45) is -7.72. The van der Waals surface area contributed by atoms with E-state index in [1.807, 2.05) is 50.2 Å². The molecule has 292 valence electrons. The van der Waals surface area contributed by atoms with Gasteiger partial charge in [-0.2, -0.15) is 26.3 Å². The van der Waals surface area contributed by atoms with Crippen LogP contribution in [-0.2, 0) is 29.0 Å². The predicted molar refractivity (Wildman–Crippen MR) is 185 cm³/mol. The predicted octanol–water partition coefficient (Wildman–Crippen LogP) is 6.45. The molecule has 1 aliphatic carbocycles. The molecule has 54 heavy (non-hydrogen) atoms. The van der Waals surface area contributed by atoms with Crippen LogP contribution in [0.4, 0.5) is 37.7 Å². The number of carboxylic acid groups (broad SMARTS) is 2. The smallest absolute Gasteiger partial charge is 0.490 e. The summed E-state index contributed by atoms with van der Waals surface area (Å²) in [6, 6.07) is 17.8. The van der Waals surface area contributed by atoms with Crippen molar-refractivity contribution < 1.29 is 65.5 Å². The maximum Gasteiger partial charge on any atom is 0.490 e. The number of nitrogens with zero attached hydrogens (tertiary/aromatic N) is 1. The van der Waals surface area contributed by atoms with Gasteiger partial charge in [0, 0.05) is 36.3 Å². The lowest BCUT2D eigenvalue weighted by atomic mass is 10.0. The van der Waals surface area contributed by atoms with Gasteiger partial charge in [-0.05, 0) is 54.7 Å². The van der Waals surface area contributed by atoms with Gasteiger partial charge >= 0.3 is 24.3 Å². The summed E-state index contributed by atoms with van der Waals surface area (Å²) in [7, 11) is 0. The fraction of sp³-hybridized carbons (Fsp3) is 0.333. The zero-order valence-corrected chi connectivity index (χ0v) is 29.1. The Morgan fingerprint density at radius 1 is 0.889 bits per heavy atom. The molecule has 0 fully saturated rings. The highest BCUT2D eigenvalue weighted by Crippen LogP contribution is 2.39. The number of carbonyl (C=O) groups excluding carboxylic acids is 1. The molecule has 0 bridgehead atoms. The Balaban J connectivity index is 0.000000476. The van der Waals surface area contributed by atoms with Gasteiger partial charge in [0.25, 0.3) is 5.91 Å². The number of fused-ring (bicyclic) bond motifs is 2. The third kappa shape index (κ3) is 11.0. The Bertz CT molecular complexity index is 1930. The molecule has 12 nitrogen and oxygen atoms in total. The molecule has 5 rings (SSSR count). The lowest BCUT2D eigenvalue weighted by Crippen LogP contribution is -2.28. The second kappa shape index (κ2) is 18.4. The lowest BCUT2D eigenvalue weighted by Gasteiger charge is -2.22. The van der Waals surface area contributed by atoms with Crippen LogP contribution in [0.2, 0.25) is 0 Å². The minimum Gasteiger partial charge on any atom is -0.490 e. The number of nitrogens with two attached hydrogens (primary N) is 1. The number of anilines is 2. The molecule has 0 saturated heterocycles. The first-order valence-corrected chi connectivity index (χ1v) is 16.3. The van der Waals surface area contributed by atoms with Gasteiger partial charge in [0.05, 0.1) is 42.1 Å². The fourth-order valence-corrected chi connectivity index (χ4v) is 5.57. The summed E-state index contributed by atoms with van der Waals surface area (Å²) in [4.78, 5) is 34.8. The Kier molecular flexibility index (Phi) is 14.6. The number of pyridine rings is 1. The van der Waals surface area contributed by atoms with E-state index in [-0.39, 0.29) is 11.6 Å². The van der Waals surface area contributed by atoms with Crippen LogP contribution in [0.25, 0.3) is 10.9 Å². The number of benzene rings is 3. The van der Waals surface area contributed by atoms with E-state index in [4.69, 9.17) is 35.0 Å². The molecule has 7 N–H and O–H groups in total. The number of aliphatic hydroxyl groups excluding tert-OH is 1. The number of hydrogen-bond acceptors (Lipinski definition) is 9. The molecule has 2 atom stereocenters. The molecule has 1 aliphatic rings. The van der Waals surface area contributed by atoms with Crippen molar-refractivity contribution in [3.63, 3.8) is 0 Å². The summed E-state index contributed by atoms with van der Waals surface area (Å²) in [5.41, 5.74) is 12.7. The highest BCUT2D eigenvalue weighted by molar-refractivity contribution is 6.08. The number of carboxylic acids is 2. The third-order valence-corrected chi connectivity index (χ3v) is 7.89. The number of halogens is 6. The zero-order chi connectivity index (χ0) is 40.4. The van der Waals surface area contributed by atoms with Crippen molar-refractivity contribution in [3.05, 3.63) is 88.6 Å². The van der Waals surface area contributed by atoms with Crippen LogP contribution in [-0.4, -0.2) is 69.8 Å². The van der Waals surface area contributed by atoms with Crippen LogP contribution in [0.5, 0.6) is 11.5 Å². The maximum absolute atomic E-state index is 12.5. The van der Waals surface area contributed by atoms with Crippen molar-refractivity contribution >= 4 is 40.1 Å². The summed E-state index contributed by atoms with van der Waals surface area (Å²) in [6.45, 7) is 7.46. The van der Waals surface area contributed by atoms with Gasteiger partial charge in [-0.3, -0.25) is 9.78 Å². The number of amides is 1. The number of rotatable bonds is 11. The summed E-state index contributed by atoms with van der Waals surface area (Å²) in [5.74, 6) is -4.92. The molecule has 18 heteroatoms. The van der Waals surface area contributed by atoms with E-state index in [0.29, 0.717) is 54.3 Å². The quantitative estimate of drug-likeness (QED) is 0.0919. The van der Waals surface area contributed by atoms with Crippen LogP contribution in [0.15, 0.2) is 60.8 Å². The van der Waals surface area contributed by atoms with Crippen LogP contribution >= 0.6 is 0 Å². The first-order chi connectivity index (χ1) is 25.3. The van der Waals surface area contributed by atoms with Gasteiger partial charge in [-0.1, -0.05) is 43.3 Å². The molecular formula is C36H38F6N4O8. The molecule has 1 amide bonds. The van der Waals surface area contributed by atoms with E-state index in [0.717, 1.165) is 28.8 Å². The van der Waals surface area contributed by atoms with Gasteiger partial charge in [-0.15, -0.1) is 0 Å². The van der Waals surface area contributed by atoms with E-state index >= 15 is 0 Å². The number of primary amides is 1. The highest BCUT2D eigenvalue weighted by atomic mass is 19.4. The molecule has 0 aliphatic heterocycles. The topological polar surface area (TPSA) is 193 Å². The average Bonchev–Trinajstić information content (AvgIpc) is 3.42. The Morgan fingerprint density at radius 2 is 1.46 bits per heavy atom. The van der Waals surface area contributed by atoms with Crippen molar-refractivity contribution in [2.24, 2.45) is 5.73 Å². The van der Waals surface area contributed by atoms with Crippen molar-refractivity contribution in [1.82, 2.24) is 10.3 Å². The van der Waals surface area contributed by atoms with Gasteiger partial charge in [0.2, 0.25) is 0 Å². The Morgan fingerprint density at radius 3 is 2.00 bits per heavy atom. The van der Waals surface area contributed by atoms with E-state index in [1.165, 1.54) is 11.8 Å². The van der Waals surface area contributed by atoms with E-state index in [2.05, 4.69) is 40.7 Å². The molecular weight excluding hydrogens is 730 g/mol. The van der Waals surface area contributed by atoms with Crippen molar-refractivity contribution in [2.75, 3.05) is 18.5 Å². The summed E-state index contributed by atoms with van der Waals surface area (Å²) >= 11 is 0. The van der Waals surface area contributed by atoms with E-state index in [1.54, 1.807) is 0 Å². The standard InChI is InChI=1S/C32H36N4O4.2C2HF3O2/c1-4-21-20(17-35-31-22-12-8-7-10-19(22)14-27(31)37)11-9-13-25(21)36-30-23-15-28(39-5-2)29(40-6-3)16-26(23)34-18-24(30)32(33)38;2*3-2(4,5)1(6)7/h7-13,15-16,18,27,31,35,37H,4-6,14,17H2,1-3H3,(H2,33,38)(H,34,36);2*(H,6,7)/t27-,31+;;/m0../s1. The zero-order valence-electron chi connectivity index (χ0n) is 29.1. The number of aromatic nitrogens is 1. The van der Waals surface area contributed by atoms with Gasteiger partial charge in [-0.25, -0.2) is 9.59 Å². The molecule has 1 heterocycles. The van der Waals surface area contributed by atoms with Crippen molar-refractivity contribution in [3.8, 4) is 11.5 Å². The minimum absolute atomic E-state index is 0.125. The second-order valence-corrected chi connectivity index (χ2v) is 11.4. The summed E-state index contributed by atoms with van der Waals surface area (Å²) in [5, 5.41) is 32.8. The normalized spacial score (nSPS) is 14.9. The number of alkyl halides is 6. The monoisotopic (exact) mass is 768 g/mol. The first-order valence-electron chi connectivity index (χ1n) is 16.3. The van der Waals surface area contributed by atoms with Crippen molar-refractivity contribution in [1.29, 1.82) is 0 Å². The van der Waals surface area contributed by atoms with Gasteiger partial charge in [0.15, 0.2) is 11.5 Å². The SMILES string of the molecule is CCOc1cc2ncc(C(N)=O)c(Nc3cccc(CN[C@@H]4c5ccccc5C[C@@H]4O)c3CC)c2cc1OCC.O=C(O)C(F)(F)F.O=C(O)C(F)(F)F. The molecule has 0 saturated carbocycles. The molecule has 1 aromatic heterocycles. The third-order valence-electron chi connectivity index (χ3n) is 7.89.